The second-order valence-corrected chi connectivity index (χ2v) is 4.76. The van der Waals surface area contributed by atoms with E-state index in [2.05, 4.69) is 19.2 Å². The highest BCUT2D eigenvalue weighted by molar-refractivity contribution is 5.04. The van der Waals surface area contributed by atoms with Crippen LogP contribution < -0.4 is 5.32 Å². The van der Waals surface area contributed by atoms with Crippen LogP contribution in [0.2, 0.25) is 0 Å². The van der Waals surface area contributed by atoms with Crippen molar-refractivity contribution >= 4 is 0 Å². The van der Waals surface area contributed by atoms with E-state index >= 15 is 0 Å². The summed E-state index contributed by atoms with van der Waals surface area (Å²) in [6.45, 7) is 5.71. The van der Waals surface area contributed by atoms with Crippen LogP contribution in [-0.4, -0.2) is 12.6 Å². The van der Waals surface area contributed by atoms with Crippen molar-refractivity contribution in [1.82, 2.24) is 5.32 Å². The number of hydrogen-bond donors (Lipinski definition) is 1. The molecule has 0 aromatic carbocycles. The fourth-order valence-corrected chi connectivity index (χ4v) is 3.46. The minimum absolute atomic E-state index is 0.832. The van der Waals surface area contributed by atoms with Gasteiger partial charge in [0.05, 0.1) is 0 Å². The van der Waals surface area contributed by atoms with E-state index in [1.54, 1.807) is 0 Å². The Balaban J connectivity index is 1.86. The lowest BCUT2D eigenvalue weighted by Crippen LogP contribution is -2.31. The van der Waals surface area contributed by atoms with Crippen molar-refractivity contribution in [2.75, 3.05) is 6.54 Å². The van der Waals surface area contributed by atoms with Gasteiger partial charge in [-0.3, -0.25) is 0 Å². The third-order valence-electron chi connectivity index (χ3n) is 4.09. The second kappa shape index (κ2) is 4.00. The minimum atomic E-state index is 0.832. The van der Waals surface area contributed by atoms with Crippen LogP contribution in [0.25, 0.3) is 0 Å². The lowest BCUT2D eigenvalue weighted by atomic mass is 10.0. The first-order valence-electron chi connectivity index (χ1n) is 6.11. The van der Waals surface area contributed by atoms with Gasteiger partial charge in [0.2, 0.25) is 0 Å². The standard InChI is InChI=1S/C12H23N/c1-3-11(13-4-2)12-9-7-5-6-8-10(9)12/h9-13H,3-8H2,1-2H3. The highest BCUT2D eigenvalue weighted by Crippen LogP contribution is 2.57. The van der Waals surface area contributed by atoms with Crippen LogP contribution in [0.15, 0.2) is 0 Å². The van der Waals surface area contributed by atoms with Gasteiger partial charge < -0.3 is 5.32 Å². The zero-order chi connectivity index (χ0) is 9.26. The van der Waals surface area contributed by atoms with Crippen molar-refractivity contribution in [1.29, 1.82) is 0 Å². The fourth-order valence-electron chi connectivity index (χ4n) is 3.46. The van der Waals surface area contributed by atoms with Gasteiger partial charge in [-0.2, -0.15) is 0 Å². The number of fused-ring (bicyclic) bond motifs is 1. The van der Waals surface area contributed by atoms with Gasteiger partial charge in [-0.1, -0.05) is 26.7 Å². The predicted octanol–water partition coefficient (Wildman–Crippen LogP) is 2.81. The van der Waals surface area contributed by atoms with Crippen LogP contribution in [0.3, 0.4) is 0 Å². The largest absolute Gasteiger partial charge is 0.314 e. The highest BCUT2D eigenvalue weighted by atomic mass is 14.9. The zero-order valence-corrected chi connectivity index (χ0v) is 9.05. The summed E-state index contributed by atoms with van der Waals surface area (Å²) in [7, 11) is 0. The van der Waals surface area contributed by atoms with E-state index < -0.39 is 0 Å². The van der Waals surface area contributed by atoms with Crippen LogP contribution in [0.4, 0.5) is 0 Å². The van der Waals surface area contributed by atoms with E-state index in [1.165, 1.54) is 32.1 Å². The summed E-state index contributed by atoms with van der Waals surface area (Å²) in [6, 6.07) is 0.832. The maximum absolute atomic E-state index is 3.65. The SMILES string of the molecule is CCNC(CC)C1C2CCCCC21. The van der Waals surface area contributed by atoms with Crippen molar-refractivity contribution in [2.45, 2.75) is 52.0 Å². The van der Waals surface area contributed by atoms with E-state index in [1.807, 2.05) is 0 Å². The molecule has 0 spiro atoms. The van der Waals surface area contributed by atoms with Gasteiger partial charge in [-0.05, 0) is 43.6 Å². The van der Waals surface area contributed by atoms with Gasteiger partial charge >= 0.3 is 0 Å². The summed E-state index contributed by atoms with van der Waals surface area (Å²) < 4.78 is 0. The quantitative estimate of drug-likeness (QED) is 0.703. The molecule has 2 saturated carbocycles. The molecule has 0 aliphatic heterocycles. The van der Waals surface area contributed by atoms with Crippen LogP contribution >= 0.6 is 0 Å². The number of hydrogen-bond acceptors (Lipinski definition) is 1. The van der Waals surface area contributed by atoms with Gasteiger partial charge in [-0.15, -0.1) is 0 Å². The number of nitrogens with one attached hydrogen (secondary N) is 1. The van der Waals surface area contributed by atoms with E-state index in [9.17, 15) is 0 Å². The lowest BCUT2D eigenvalue weighted by Gasteiger charge is -2.15. The normalized spacial score (nSPS) is 39.7. The molecule has 13 heavy (non-hydrogen) atoms. The molecule has 0 bridgehead atoms. The van der Waals surface area contributed by atoms with Crippen molar-refractivity contribution in [3.05, 3.63) is 0 Å². The Bertz CT molecular complexity index is 155. The Morgan fingerprint density at radius 3 is 2.23 bits per heavy atom. The molecule has 76 valence electrons. The Labute approximate surface area is 82.3 Å². The zero-order valence-electron chi connectivity index (χ0n) is 9.05. The molecule has 1 heteroatoms. The molecule has 1 N–H and O–H groups in total. The fraction of sp³-hybridized carbons (Fsp3) is 1.00. The van der Waals surface area contributed by atoms with Crippen LogP contribution in [-0.2, 0) is 0 Å². The van der Waals surface area contributed by atoms with Gasteiger partial charge in [-0.25, -0.2) is 0 Å². The highest BCUT2D eigenvalue weighted by Gasteiger charge is 2.53. The second-order valence-electron chi connectivity index (χ2n) is 4.76. The molecule has 0 aromatic rings. The van der Waals surface area contributed by atoms with Crippen LogP contribution in [0.1, 0.15) is 46.0 Å². The monoisotopic (exact) mass is 181 g/mol. The molecule has 0 aromatic heterocycles. The van der Waals surface area contributed by atoms with E-state index in [0.717, 1.165) is 30.3 Å². The molecule has 3 unspecified atom stereocenters. The van der Waals surface area contributed by atoms with Crippen molar-refractivity contribution in [2.24, 2.45) is 17.8 Å². The van der Waals surface area contributed by atoms with Gasteiger partial charge in [0.15, 0.2) is 0 Å². The van der Waals surface area contributed by atoms with Crippen molar-refractivity contribution in [3.8, 4) is 0 Å². The summed E-state index contributed by atoms with van der Waals surface area (Å²) in [4.78, 5) is 0. The van der Waals surface area contributed by atoms with Crippen molar-refractivity contribution < 1.29 is 0 Å². The Morgan fingerprint density at radius 2 is 1.77 bits per heavy atom. The van der Waals surface area contributed by atoms with E-state index in [0.29, 0.717) is 0 Å². The summed E-state index contributed by atoms with van der Waals surface area (Å²) in [6.07, 6.45) is 7.38. The Hall–Kier alpha value is -0.0400. The topological polar surface area (TPSA) is 12.0 Å². The molecule has 0 radical (unpaired) electrons. The Kier molecular flexibility index (Phi) is 2.92. The van der Waals surface area contributed by atoms with Crippen LogP contribution in [0, 0.1) is 17.8 Å². The van der Waals surface area contributed by atoms with E-state index in [4.69, 9.17) is 0 Å². The molecular formula is C12H23N. The summed E-state index contributed by atoms with van der Waals surface area (Å²) in [5, 5.41) is 3.65. The molecule has 0 amide bonds. The first kappa shape index (κ1) is 9.51. The minimum Gasteiger partial charge on any atom is -0.314 e. The molecular weight excluding hydrogens is 158 g/mol. The smallest absolute Gasteiger partial charge is 0.00980 e. The molecule has 1 nitrogen and oxygen atoms in total. The molecule has 2 aliphatic rings. The molecule has 2 fully saturated rings. The molecule has 2 aliphatic carbocycles. The summed E-state index contributed by atoms with van der Waals surface area (Å²) >= 11 is 0. The first-order chi connectivity index (χ1) is 6.38. The maximum atomic E-state index is 3.65. The number of rotatable bonds is 4. The van der Waals surface area contributed by atoms with Gasteiger partial charge in [0.25, 0.3) is 0 Å². The van der Waals surface area contributed by atoms with Crippen LogP contribution in [0.5, 0.6) is 0 Å². The molecule has 3 atom stereocenters. The Morgan fingerprint density at radius 1 is 1.15 bits per heavy atom. The average Bonchev–Trinajstić information content (AvgIpc) is 2.88. The first-order valence-corrected chi connectivity index (χ1v) is 6.11. The third kappa shape index (κ3) is 1.76. The third-order valence-corrected chi connectivity index (χ3v) is 4.09. The molecule has 2 rings (SSSR count). The van der Waals surface area contributed by atoms with Gasteiger partial charge in [0, 0.05) is 6.04 Å². The average molecular weight is 181 g/mol. The van der Waals surface area contributed by atoms with Gasteiger partial charge in [0.1, 0.15) is 0 Å². The van der Waals surface area contributed by atoms with Crippen molar-refractivity contribution in [3.63, 3.8) is 0 Å². The molecule has 0 heterocycles. The lowest BCUT2D eigenvalue weighted by molar-refractivity contribution is 0.429. The molecule has 0 saturated heterocycles. The van der Waals surface area contributed by atoms with E-state index in [-0.39, 0.29) is 0 Å². The maximum Gasteiger partial charge on any atom is 0.00980 e. The predicted molar refractivity (Wildman–Crippen MR) is 56.7 cm³/mol. The summed E-state index contributed by atoms with van der Waals surface area (Å²) in [5.74, 6) is 3.27. The summed E-state index contributed by atoms with van der Waals surface area (Å²) in [5.41, 5.74) is 0.